The molecule has 1 N–H and O–H groups in total. The topological polar surface area (TPSA) is 32.3 Å². The average Bonchev–Trinajstić information content (AvgIpc) is 2.77. The summed E-state index contributed by atoms with van der Waals surface area (Å²) in [5.41, 5.74) is 0.602. The van der Waals surface area contributed by atoms with Crippen LogP contribution in [0.1, 0.15) is 4.88 Å². The smallest absolute Gasteiger partial charge is 0.321 e. The highest BCUT2D eigenvalue weighted by Crippen LogP contribution is 2.23. The third kappa shape index (κ3) is 3.86. The Bertz CT molecular complexity index is 586. The third-order valence-electron chi connectivity index (χ3n) is 2.48. The lowest BCUT2D eigenvalue weighted by Gasteiger charge is -2.17. The molecule has 1 aromatic heterocycles. The normalized spacial score (nSPS) is 10.3. The molecule has 0 spiro atoms. The van der Waals surface area contributed by atoms with Crippen LogP contribution in [-0.4, -0.2) is 18.0 Å². The fraction of sp³-hybridized carbons (Fsp3) is 0.154. The summed E-state index contributed by atoms with van der Waals surface area (Å²) in [4.78, 5) is 14.6. The SMILES string of the molecule is CN(Cc1ccc(Cl)s1)C(=O)Nc1ccccc1Cl. The summed E-state index contributed by atoms with van der Waals surface area (Å²) in [6.07, 6.45) is 0. The minimum absolute atomic E-state index is 0.211. The molecule has 0 aliphatic heterocycles. The Morgan fingerprint density at radius 1 is 1.26 bits per heavy atom. The number of hydrogen-bond acceptors (Lipinski definition) is 2. The number of halogens is 2. The van der Waals surface area contributed by atoms with Gasteiger partial charge >= 0.3 is 6.03 Å². The van der Waals surface area contributed by atoms with Crippen molar-refractivity contribution in [2.45, 2.75) is 6.54 Å². The Morgan fingerprint density at radius 3 is 2.63 bits per heavy atom. The first-order valence-electron chi connectivity index (χ1n) is 5.57. The van der Waals surface area contributed by atoms with Crippen molar-refractivity contribution < 1.29 is 4.79 Å². The highest BCUT2D eigenvalue weighted by Gasteiger charge is 2.11. The van der Waals surface area contributed by atoms with Gasteiger partial charge in [0.1, 0.15) is 0 Å². The fourth-order valence-electron chi connectivity index (χ4n) is 1.52. The lowest BCUT2D eigenvalue weighted by atomic mass is 10.3. The molecule has 0 unspecified atom stereocenters. The number of urea groups is 1. The lowest BCUT2D eigenvalue weighted by molar-refractivity contribution is 0.221. The summed E-state index contributed by atoms with van der Waals surface area (Å²) in [6.45, 7) is 0.508. The predicted octanol–water partition coefficient (Wildman–Crippen LogP) is 4.72. The summed E-state index contributed by atoms with van der Waals surface area (Å²) in [7, 11) is 1.72. The number of carbonyl (C=O) groups excluding carboxylic acids is 1. The second kappa shape index (κ2) is 6.28. The average molecular weight is 315 g/mol. The van der Waals surface area contributed by atoms with Crippen molar-refractivity contribution in [2.75, 3.05) is 12.4 Å². The lowest BCUT2D eigenvalue weighted by Crippen LogP contribution is -2.30. The number of benzene rings is 1. The van der Waals surface area contributed by atoms with Crippen molar-refractivity contribution in [1.82, 2.24) is 4.90 Å². The minimum Gasteiger partial charge on any atom is -0.322 e. The van der Waals surface area contributed by atoms with Gasteiger partial charge < -0.3 is 10.2 Å². The molecule has 2 rings (SSSR count). The van der Waals surface area contributed by atoms with Gasteiger partial charge in [0, 0.05) is 11.9 Å². The van der Waals surface area contributed by atoms with Crippen LogP contribution in [0, 0.1) is 0 Å². The number of amides is 2. The van der Waals surface area contributed by atoms with Crippen LogP contribution in [-0.2, 0) is 6.54 Å². The molecule has 0 radical (unpaired) electrons. The first-order chi connectivity index (χ1) is 9.06. The van der Waals surface area contributed by atoms with Gasteiger partial charge in [-0.05, 0) is 24.3 Å². The molecule has 1 aromatic carbocycles. The third-order valence-corrected chi connectivity index (χ3v) is 4.03. The summed E-state index contributed by atoms with van der Waals surface area (Å²) < 4.78 is 0.718. The molecule has 2 aromatic rings. The van der Waals surface area contributed by atoms with E-state index in [0.29, 0.717) is 17.3 Å². The van der Waals surface area contributed by atoms with Crippen molar-refractivity contribution in [3.8, 4) is 0 Å². The number of hydrogen-bond donors (Lipinski definition) is 1. The second-order valence-corrected chi connectivity index (χ2v) is 6.18. The number of anilines is 1. The van der Waals surface area contributed by atoms with Crippen molar-refractivity contribution >= 4 is 46.3 Å². The molecule has 1 heterocycles. The fourth-order valence-corrected chi connectivity index (χ4v) is 2.84. The standard InChI is InChI=1S/C13H12Cl2N2OS/c1-17(8-9-6-7-12(15)19-9)13(18)16-11-5-3-2-4-10(11)14/h2-7H,8H2,1H3,(H,16,18). The van der Waals surface area contributed by atoms with Gasteiger partial charge in [-0.25, -0.2) is 4.79 Å². The molecule has 19 heavy (non-hydrogen) atoms. The molecule has 0 fully saturated rings. The van der Waals surface area contributed by atoms with E-state index < -0.39 is 0 Å². The van der Waals surface area contributed by atoms with Crippen LogP contribution in [0.25, 0.3) is 0 Å². The van der Waals surface area contributed by atoms with Crippen LogP contribution < -0.4 is 5.32 Å². The van der Waals surface area contributed by atoms with Gasteiger partial charge in [-0.2, -0.15) is 0 Å². The quantitative estimate of drug-likeness (QED) is 0.873. The monoisotopic (exact) mass is 314 g/mol. The number of thiophene rings is 1. The Hall–Kier alpha value is -1.23. The minimum atomic E-state index is -0.211. The number of rotatable bonds is 3. The van der Waals surface area contributed by atoms with E-state index in [1.807, 2.05) is 24.3 Å². The van der Waals surface area contributed by atoms with Crippen LogP contribution in [0.15, 0.2) is 36.4 Å². The van der Waals surface area contributed by atoms with Crippen LogP contribution in [0.2, 0.25) is 9.36 Å². The van der Waals surface area contributed by atoms with Gasteiger partial charge in [0.05, 0.1) is 21.6 Å². The van der Waals surface area contributed by atoms with Gasteiger partial charge in [0.2, 0.25) is 0 Å². The first kappa shape index (κ1) is 14.2. The summed E-state index contributed by atoms with van der Waals surface area (Å²) >= 11 is 13.3. The molecule has 6 heteroatoms. The molecule has 0 saturated heterocycles. The number of para-hydroxylation sites is 1. The van der Waals surface area contributed by atoms with Gasteiger partial charge in [-0.1, -0.05) is 35.3 Å². The maximum absolute atomic E-state index is 12.0. The van der Waals surface area contributed by atoms with E-state index in [9.17, 15) is 4.79 Å². The molecule has 3 nitrogen and oxygen atoms in total. The van der Waals surface area contributed by atoms with Gasteiger partial charge in [-0.15, -0.1) is 11.3 Å². The Morgan fingerprint density at radius 2 is 2.00 bits per heavy atom. The molecule has 0 bridgehead atoms. The van der Waals surface area contributed by atoms with Crippen molar-refractivity contribution in [2.24, 2.45) is 0 Å². The number of carbonyl (C=O) groups is 1. The molecule has 2 amide bonds. The van der Waals surface area contributed by atoms with E-state index >= 15 is 0 Å². The molecule has 100 valence electrons. The Kier molecular flexibility index (Phi) is 4.69. The Labute approximate surface area is 125 Å². The van der Waals surface area contributed by atoms with Gasteiger partial charge in [-0.3, -0.25) is 0 Å². The van der Waals surface area contributed by atoms with E-state index in [1.54, 1.807) is 24.1 Å². The van der Waals surface area contributed by atoms with Crippen molar-refractivity contribution in [3.05, 3.63) is 50.6 Å². The van der Waals surface area contributed by atoms with Crippen LogP contribution in [0.5, 0.6) is 0 Å². The molecular weight excluding hydrogens is 303 g/mol. The molecule has 0 atom stereocenters. The van der Waals surface area contributed by atoms with Crippen molar-refractivity contribution in [3.63, 3.8) is 0 Å². The summed E-state index contributed by atoms with van der Waals surface area (Å²) in [5.74, 6) is 0. The van der Waals surface area contributed by atoms with E-state index in [2.05, 4.69) is 5.32 Å². The zero-order chi connectivity index (χ0) is 13.8. The van der Waals surface area contributed by atoms with E-state index in [0.717, 1.165) is 9.21 Å². The Balaban J connectivity index is 1.98. The molecule has 0 aliphatic carbocycles. The maximum Gasteiger partial charge on any atom is 0.321 e. The van der Waals surface area contributed by atoms with E-state index in [-0.39, 0.29) is 6.03 Å². The largest absolute Gasteiger partial charge is 0.322 e. The maximum atomic E-state index is 12.0. The summed E-state index contributed by atoms with van der Waals surface area (Å²) in [5, 5.41) is 3.28. The number of nitrogens with one attached hydrogen (secondary N) is 1. The molecule has 0 saturated carbocycles. The first-order valence-corrected chi connectivity index (χ1v) is 7.14. The van der Waals surface area contributed by atoms with Gasteiger partial charge in [0.15, 0.2) is 0 Å². The predicted molar refractivity (Wildman–Crippen MR) is 81.3 cm³/mol. The van der Waals surface area contributed by atoms with Crippen LogP contribution in [0.3, 0.4) is 0 Å². The zero-order valence-corrected chi connectivity index (χ0v) is 12.5. The highest BCUT2D eigenvalue weighted by atomic mass is 35.5. The van der Waals surface area contributed by atoms with Crippen molar-refractivity contribution in [1.29, 1.82) is 0 Å². The zero-order valence-electron chi connectivity index (χ0n) is 10.2. The van der Waals surface area contributed by atoms with Crippen LogP contribution >= 0.6 is 34.5 Å². The van der Waals surface area contributed by atoms with Crippen LogP contribution in [0.4, 0.5) is 10.5 Å². The summed E-state index contributed by atoms with van der Waals surface area (Å²) in [6, 6.07) is 10.6. The molecular formula is C13H12Cl2N2OS. The van der Waals surface area contributed by atoms with E-state index in [1.165, 1.54) is 11.3 Å². The highest BCUT2D eigenvalue weighted by molar-refractivity contribution is 7.16. The number of nitrogens with zero attached hydrogens (tertiary/aromatic N) is 1. The van der Waals surface area contributed by atoms with Gasteiger partial charge in [0.25, 0.3) is 0 Å². The second-order valence-electron chi connectivity index (χ2n) is 3.97. The molecule has 0 aliphatic rings. The van der Waals surface area contributed by atoms with E-state index in [4.69, 9.17) is 23.2 Å².